The molecule has 1 aliphatic carbocycles. The summed E-state index contributed by atoms with van der Waals surface area (Å²) >= 11 is 2.22. The zero-order valence-corrected chi connectivity index (χ0v) is 16.3. The molecule has 0 aliphatic heterocycles. The van der Waals surface area contributed by atoms with Crippen molar-refractivity contribution in [2.75, 3.05) is 7.11 Å². The molecule has 1 aromatic carbocycles. The summed E-state index contributed by atoms with van der Waals surface area (Å²) in [6.45, 7) is 1.80. The van der Waals surface area contributed by atoms with Crippen LogP contribution in [0.25, 0.3) is 11.1 Å². The second kappa shape index (κ2) is 7.48. The Bertz CT molecular complexity index is 893. The average Bonchev–Trinajstić information content (AvgIpc) is 3.09. The number of nitrogens with one attached hydrogen (secondary N) is 1. The van der Waals surface area contributed by atoms with Gasteiger partial charge >= 0.3 is 0 Å². The lowest BCUT2D eigenvalue weighted by Gasteiger charge is -2.18. The number of nitriles is 1. The van der Waals surface area contributed by atoms with E-state index in [0.717, 1.165) is 27.7 Å². The molecular weight excluding hydrogens is 431 g/mol. The average molecular weight is 450 g/mol. The lowest BCUT2D eigenvalue weighted by atomic mass is 10.0. The molecule has 2 aromatic rings. The number of hydrogen-bond acceptors (Lipinski definition) is 4. The van der Waals surface area contributed by atoms with E-state index in [-0.39, 0.29) is 17.2 Å². The van der Waals surface area contributed by atoms with Crippen LogP contribution in [0.1, 0.15) is 36.9 Å². The van der Waals surface area contributed by atoms with E-state index in [1.807, 2.05) is 24.3 Å². The standard InChI is InChI=1S/C19H19IN2O3/c1-11-7-14(15(10-21)19(23)22-11)12-8-16(20)18(17(9-12)24-2)25-13-5-3-4-6-13/h7-9,13H,3-6H2,1-2H3,(H,22,23). The van der Waals surface area contributed by atoms with Crippen LogP contribution in [-0.4, -0.2) is 18.2 Å². The number of methoxy groups -OCH3 is 1. The molecule has 1 heterocycles. The van der Waals surface area contributed by atoms with Crippen LogP contribution < -0.4 is 15.0 Å². The smallest absolute Gasteiger partial charge is 0.266 e. The Morgan fingerprint density at radius 3 is 2.64 bits per heavy atom. The lowest BCUT2D eigenvalue weighted by molar-refractivity contribution is 0.199. The van der Waals surface area contributed by atoms with E-state index in [4.69, 9.17) is 9.47 Å². The van der Waals surface area contributed by atoms with Crippen molar-refractivity contribution in [2.45, 2.75) is 38.7 Å². The van der Waals surface area contributed by atoms with Gasteiger partial charge in [-0.05, 0) is 79.0 Å². The summed E-state index contributed by atoms with van der Waals surface area (Å²) in [7, 11) is 1.60. The predicted molar refractivity (Wildman–Crippen MR) is 104 cm³/mol. The Kier molecular flexibility index (Phi) is 5.33. The van der Waals surface area contributed by atoms with Crippen molar-refractivity contribution < 1.29 is 9.47 Å². The van der Waals surface area contributed by atoms with Crippen molar-refractivity contribution in [2.24, 2.45) is 0 Å². The molecule has 0 spiro atoms. The molecule has 0 bridgehead atoms. The third kappa shape index (κ3) is 3.66. The van der Waals surface area contributed by atoms with E-state index < -0.39 is 0 Å². The molecule has 1 saturated carbocycles. The molecule has 0 amide bonds. The van der Waals surface area contributed by atoms with Gasteiger partial charge in [0.25, 0.3) is 5.56 Å². The van der Waals surface area contributed by atoms with Crippen molar-refractivity contribution in [3.8, 4) is 28.7 Å². The third-order valence-corrected chi connectivity index (χ3v) is 5.21. The minimum Gasteiger partial charge on any atom is -0.493 e. The van der Waals surface area contributed by atoms with Gasteiger partial charge in [-0.15, -0.1) is 0 Å². The van der Waals surface area contributed by atoms with Gasteiger partial charge in [0.1, 0.15) is 11.6 Å². The molecule has 1 N–H and O–H groups in total. The number of aryl methyl sites for hydroxylation is 1. The normalized spacial score (nSPS) is 14.3. The summed E-state index contributed by atoms with van der Waals surface area (Å²) in [6, 6.07) is 7.58. The molecule has 0 unspecified atom stereocenters. The summed E-state index contributed by atoms with van der Waals surface area (Å²) in [5.74, 6) is 1.36. The monoisotopic (exact) mass is 450 g/mol. The highest BCUT2D eigenvalue weighted by Gasteiger charge is 2.22. The van der Waals surface area contributed by atoms with E-state index in [9.17, 15) is 10.1 Å². The summed E-state index contributed by atoms with van der Waals surface area (Å²) < 4.78 is 12.6. The van der Waals surface area contributed by atoms with Crippen LogP contribution in [0.3, 0.4) is 0 Å². The van der Waals surface area contributed by atoms with Gasteiger partial charge in [-0.1, -0.05) is 0 Å². The zero-order chi connectivity index (χ0) is 18.0. The molecule has 3 rings (SSSR count). The maximum Gasteiger partial charge on any atom is 0.266 e. The van der Waals surface area contributed by atoms with Crippen LogP contribution in [0.5, 0.6) is 11.5 Å². The fourth-order valence-corrected chi connectivity index (χ4v) is 3.92. The summed E-state index contributed by atoms with van der Waals surface area (Å²) in [4.78, 5) is 14.7. The molecule has 1 aromatic heterocycles. The second-order valence-corrected chi connectivity index (χ2v) is 7.36. The van der Waals surface area contributed by atoms with Crippen molar-refractivity contribution in [1.82, 2.24) is 4.98 Å². The van der Waals surface area contributed by atoms with Crippen LogP contribution in [0.4, 0.5) is 0 Å². The van der Waals surface area contributed by atoms with Crippen LogP contribution in [0, 0.1) is 21.8 Å². The van der Waals surface area contributed by atoms with Crippen LogP contribution >= 0.6 is 22.6 Å². The number of nitrogens with zero attached hydrogens (tertiary/aromatic N) is 1. The Hall–Kier alpha value is -2.01. The number of H-pyrrole nitrogens is 1. The first-order chi connectivity index (χ1) is 12.0. The van der Waals surface area contributed by atoms with E-state index in [2.05, 4.69) is 27.6 Å². The Labute approximate surface area is 160 Å². The molecule has 6 heteroatoms. The second-order valence-electron chi connectivity index (χ2n) is 6.20. The predicted octanol–water partition coefficient (Wildman–Crippen LogP) is 4.16. The van der Waals surface area contributed by atoms with Crippen molar-refractivity contribution >= 4 is 22.6 Å². The molecule has 0 saturated heterocycles. The van der Waals surface area contributed by atoms with Gasteiger partial charge in [0.2, 0.25) is 0 Å². The Morgan fingerprint density at radius 2 is 2.00 bits per heavy atom. The molecule has 1 fully saturated rings. The van der Waals surface area contributed by atoms with E-state index >= 15 is 0 Å². The molecule has 1 aliphatic rings. The van der Waals surface area contributed by atoms with Gasteiger partial charge in [0.15, 0.2) is 11.5 Å². The largest absolute Gasteiger partial charge is 0.493 e. The van der Waals surface area contributed by atoms with Gasteiger partial charge in [0.05, 0.1) is 16.8 Å². The number of rotatable bonds is 4. The molecule has 5 nitrogen and oxygen atoms in total. The van der Waals surface area contributed by atoms with Crippen molar-refractivity contribution in [3.05, 3.63) is 43.4 Å². The topological polar surface area (TPSA) is 75.1 Å². The summed E-state index contributed by atoms with van der Waals surface area (Å²) in [5.41, 5.74) is 1.81. The van der Waals surface area contributed by atoms with Crippen molar-refractivity contribution in [1.29, 1.82) is 5.26 Å². The van der Waals surface area contributed by atoms with Gasteiger partial charge in [-0.2, -0.15) is 5.26 Å². The van der Waals surface area contributed by atoms with Gasteiger partial charge < -0.3 is 14.5 Å². The fraction of sp³-hybridized carbons (Fsp3) is 0.368. The Balaban J connectivity index is 2.09. The van der Waals surface area contributed by atoms with E-state index in [0.29, 0.717) is 17.0 Å². The first kappa shape index (κ1) is 17.8. The summed E-state index contributed by atoms with van der Waals surface area (Å²) in [5, 5.41) is 9.36. The third-order valence-electron chi connectivity index (χ3n) is 4.41. The number of hydrogen-bond donors (Lipinski definition) is 1. The number of aromatic amines is 1. The van der Waals surface area contributed by atoms with Gasteiger partial charge in [-0.25, -0.2) is 0 Å². The van der Waals surface area contributed by atoms with Crippen LogP contribution in [0.2, 0.25) is 0 Å². The highest BCUT2D eigenvalue weighted by atomic mass is 127. The molecule has 130 valence electrons. The fourth-order valence-electron chi connectivity index (χ4n) is 3.19. The first-order valence-electron chi connectivity index (χ1n) is 8.22. The highest BCUT2D eigenvalue weighted by molar-refractivity contribution is 14.1. The SMILES string of the molecule is COc1cc(-c2cc(C)[nH]c(=O)c2C#N)cc(I)c1OC1CCCC1. The quantitative estimate of drug-likeness (QED) is 0.711. The number of halogens is 1. The number of ether oxygens (including phenoxy) is 2. The highest BCUT2D eigenvalue weighted by Crippen LogP contribution is 2.39. The Morgan fingerprint density at radius 1 is 1.28 bits per heavy atom. The summed E-state index contributed by atoms with van der Waals surface area (Å²) in [6.07, 6.45) is 4.74. The van der Waals surface area contributed by atoms with Gasteiger partial charge in [-0.3, -0.25) is 4.79 Å². The molecule has 0 atom stereocenters. The maximum atomic E-state index is 12.1. The van der Waals surface area contributed by atoms with E-state index in [1.165, 1.54) is 12.8 Å². The lowest BCUT2D eigenvalue weighted by Crippen LogP contribution is -2.14. The number of aromatic nitrogens is 1. The van der Waals surface area contributed by atoms with E-state index in [1.54, 1.807) is 14.0 Å². The van der Waals surface area contributed by atoms with Gasteiger partial charge in [0, 0.05) is 11.3 Å². The number of benzene rings is 1. The van der Waals surface area contributed by atoms with Crippen LogP contribution in [0.15, 0.2) is 23.0 Å². The maximum absolute atomic E-state index is 12.1. The van der Waals surface area contributed by atoms with Crippen molar-refractivity contribution in [3.63, 3.8) is 0 Å². The molecule has 0 radical (unpaired) electrons. The zero-order valence-electron chi connectivity index (χ0n) is 14.2. The van der Waals surface area contributed by atoms with Crippen LogP contribution in [-0.2, 0) is 0 Å². The minimum atomic E-state index is -0.377. The molecule has 25 heavy (non-hydrogen) atoms. The number of pyridine rings is 1. The minimum absolute atomic E-state index is 0.105. The molecular formula is C19H19IN2O3. The first-order valence-corrected chi connectivity index (χ1v) is 9.30.